The molecule has 3 heterocycles. The highest BCUT2D eigenvalue weighted by molar-refractivity contribution is 5.76. The minimum atomic E-state index is -0.157. The number of hydrogen-bond acceptors (Lipinski definition) is 6. The van der Waals surface area contributed by atoms with Gasteiger partial charge in [-0.3, -0.25) is 24.2 Å². The summed E-state index contributed by atoms with van der Waals surface area (Å²) in [5.41, 5.74) is 2.49. The number of aromatic nitrogens is 4. The summed E-state index contributed by atoms with van der Waals surface area (Å²) in [6, 6.07) is 3.75. The number of likely N-dealkylation sites (N-methyl/N-ethyl adjacent to an activating group) is 1. The van der Waals surface area contributed by atoms with E-state index in [4.69, 9.17) is 0 Å². The molecule has 1 aliphatic heterocycles. The minimum Gasteiger partial charge on any atom is -0.348 e. The maximum absolute atomic E-state index is 12.7. The second-order valence-electron chi connectivity index (χ2n) is 7.74. The number of carbonyl (C=O) groups excluding carboxylic acids is 1. The monoisotopic (exact) mass is 387 g/mol. The first-order valence-electron chi connectivity index (χ1n) is 9.49. The summed E-state index contributed by atoms with van der Waals surface area (Å²) in [7, 11) is 5.70. The van der Waals surface area contributed by atoms with E-state index in [1.165, 1.54) is 6.07 Å². The summed E-state index contributed by atoms with van der Waals surface area (Å²) >= 11 is 0. The molecule has 0 aliphatic carbocycles. The zero-order valence-electron chi connectivity index (χ0n) is 17.3. The largest absolute Gasteiger partial charge is 0.348 e. The van der Waals surface area contributed by atoms with Crippen molar-refractivity contribution in [2.24, 2.45) is 0 Å². The van der Waals surface area contributed by atoms with Crippen LogP contribution in [0.1, 0.15) is 23.5 Å². The number of anilines is 1. The fourth-order valence-corrected chi connectivity index (χ4v) is 3.56. The van der Waals surface area contributed by atoms with Gasteiger partial charge in [-0.1, -0.05) is 0 Å². The van der Waals surface area contributed by atoms with E-state index in [0.29, 0.717) is 19.0 Å². The standard InChI is InChI=1S/C19H29N7O2/c1-13-8-14(2)26(22-13)12-18(28)25-7-6-16(11-25)24(5)10-15-9-17(27)21-19(20-15)23(3)4/h8-9,16H,6-7,10-12H2,1-5H3,(H,20,21,27). The van der Waals surface area contributed by atoms with E-state index >= 15 is 0 Å². The molecule has 1 fully saturated rings. The zero-order chi connectivity index (χ0) is 20.4. The van der Waals surface area contributed by atoms with Crippen molar-refractivity contribution in [1.82, 2.24) is 29.5 Å². The van der Waals surface area contributed by atoms with Gasteiger partial charge in [-0.15, -0.1) is 0 Å². The molecule has 0 saturated carbocycles. The predicted molar refractivity (Wildman–Crippen MR) is 107 cm³/mol. The third-order valence-corrected chi connectivity index (χ3v) is 5.15. The van der Waals surface area contributed by atoms with Crippen LogP contribution in [0.4, 0.5) is 5.95 Å². The van der Waals surface area contributed by atoms with Crippen molar-refractivity contribution >= 4 is 11.9 Å². The average Bonchev–Trinajstić information content (AvgIpc) is 3.21. The molecule has 0 radical (unpaired) electrons. The number of aromatic amines is 1. The average molecular weight is 387 g/mol. The van der Waals surface area contributed by atoms with Crippen LogP contribution in [0, 0.1) is 13.8 Å². The summed E-state index contributed by atoms with van der Waals surface area (Å²) in [6.45, 7) is 6.15. The van der Waals surface area contributed by atoms with E-state index in [-0.39, 0.29) is 24.1 Å². The summed E-state index contributed by atoms with van der Waals surface area (Å²) in [6.07, 6.45) is 0.906. The Hall–Kier alpha value is -2.68. The number of nitrogens with one attached hydrogen (secondary N) is 1. The Bertz CT molecular complexity index is 902. The molecule has 9 heteroatoms. The summed E-state index contributed by atoms with van der Waals surface area (Å²) in [4.78, 5) is 37.6. The highest BCUT2D eigenvalue weighted by atomic mass is 16.2. The van der Waals surface area contributed by atoms with E-state index in [0.717, 1.165) is 30.0 Å². The van der Waals surface area contributed by atoms with Crippen LogP contribution in [0.15, 0.2) is 16.9 Å². The van der Waals surface area contributed by atoms with Crippen LogP contribution in [-0.2, 0) is 17.9 Å². The van der Waals surface area contributed by atoms with Crippen LogP contribution in [-0.4, -0.2) is 75.7 Å². The lowest BCUT2D eigenvalue weighted by Gasteiger charge is -2.24. The van der Waals surface area contributed by atoms with Gasteiger partial charge in [-0.2, -0.15) is 5.10 Å². The normalized spacial score (nSPS) is 16.8. The lowest BCUT2D eigenvalue weighted by molar-refractivity contribution is -0.131. The Morgan fingerprint density at radius 2 is 2.04 bits per heavy atom. The second-order valence-corrected chi connectivity index (χ2v) is 7.74. The van der Waals surface area contributed by atoms with Crippen LogP contribution in [0.5, 0.6) is 0 Å². The summed E-state index contributed by atoms with van der Waals surface area (Å²) in [5.74, 6) is 0.635. The smallest absolute Gasteiger partial charge is 0.252 e. The molecular weight excluding hydrogens is 358 g/mol. The van der Waals surface area contributed by atoms with Crippen molar-refractivity contribution in [3.63, 3.8) is 0 Å². The van der Waals surface area contributed by atoms with Gasteiger partial charge < -0.3 is 9.80 Å². The fraction of sp³-hybridized carbons (Fsp3) is 0.579. The number of nitrogens with zero attached hydrogens (tertiary/aromatic N) is 6. The highest BCUT2D eigenvalue weighted by Crippen LogP contribution is 2.17. The van der Waals surface area contributed by atoms with E-state index in [9.17, 15) is 9.59 Å². The van der Waals surface area contributed by atoms with Crippen LogP contribution < -0.4 is 10.5 Å². The molecule has 1 saturated heterocycles. The molecule has 152 valence electrons. The topological polar surface area (TPSA) is 90.4 Å². The molecule has 2 aromatic rings. The lowest BCUT2D eigenvalue weighted by Crippen LogP contribution is -2.38. The number of aryl methyl sites for hydroxylation is 2. The Morgan fingerprint density at radius 1 is 1.29 bits per heavy atom. The third-order valence-electron chi connectivity index (χ3n) is 5.15. The molecule has 9 nitrogen and oxygen atoms in total. The zero-order valence-corrected chi connectivity index (χ0v) is 17.3. The van der Waals surface area contributed by atoms with Gasteiger partial charge >= 0.3 is 0 Å². The third kappa shape index (κ3) is 4.59. The van der Waals surface area contributed by atoms with Crippen LogP contribution >= 0.6 is 0 Å². The molecular formula is C19H29N7O2. The van der Waals surface area contributed by atoms with Gasteiger partial charge in [0.1, 0.15) is 6.54 Å². The number of likely N-dealkylation sites (tertiary alicyclic amines) is 1. The van der Waals surface area contributed by atoms with E-state index in [1.807, 2.05) is 46.0 Å². The molecule has 0 spiro atoms. The number of amides is 1. The van der Waals surface area contributed by atoms with Crippen LogP contribution in [0.25, 0.3) is 0 Å². The molecule has 1 N–H and O–H groups in total. The van der Waals surface area contributed by atoms with E-state index in [1.54, 1.807) is 9.58 Å². The van der Waals surface area contributed by atoms with Crippen molar-refractivity contribution < 1.29 is 4.79 Å². The van der Waals surface area contributed by atoms with Crippen molar-refractivity contribution in [1.29, 1.82) is 0 Å². The van der Waals surface area contributed by atoms with Crippen molar-refractivity contribution in [3.8, 4) is 0 Å². The van der Waals surface area contributed by atoms with Gasteiger partial charge in [0, 0.05) is 51.5 Å². The van der Waals surface area contributed by atoms with Crippen LogP contribution in [0.3, 0.4) is 0 Å². The van der Waals surface area contributed by atoms with Gasteiger partial charge in [0.15, 0.2) is 0 Å². The van der Waals surface area contributed by atoms with Gasteiger partial charge in [-0.05, 0) is 33.4 Å². The number of hydrogen-bond donors (Lipinski definition) is 1. The van der Waals surface area contributed by atoms with E-state index in [2.05, 4.69) is 20.0 Å². The molecule has 0 bridgehead atoms. The molecule has 2 aromatic heterocycles. The molecule has 0 aromatic carbocycles. The van der Waals surface area contributed by atoms with Gasteiger partial charge in [-0.25, -0.2) is 4.98 Å². The summed E-state index contributed by atoms with van der Waals surface area (Å²) < 4.78 is 1.76. The number of rotatable bonds is 6. The maximum Gasteiger partial charge on any atom is 0.252 e. The number of carbonyl (C=O) groups is 1. The van der Waals surface area contributed by atoms with Crippen molar-refractivity contribution in [2.45, 2.75) is 39.4 Å². The summed E-state index contributed by atoms with van der Waals surface area (Å²) in [5, 5.41) is 4.38. The molecule has 3 rings (SSSR count). The number of H-pyrrole nitrogens is 1. The first-order chi connectivity index (χ1) is 13.2. The van der Waals surface area contributed by atoms with Crippen LogP contribution in [0.2, 0.25) is 0 Å². The first kappa shape index (κ1) is 20.1. The molecule has 28 heavy (non-hydrogen) atoms. The predicted octanol–water partition coefficient (Wildman–Crippen LogP) is 0.382. The molecule has 1 unspecified atom stereocenters. The second kappa shape index (κ2) is 8.14. The first-order valence-corrected chi connectivity index (χ1v) is 9.49. The maximum atomic E-state index is 12.7. The quantitative estimate of drug-likeness (QED) is 0.771. The van der Waals surface area contributed by atoms with Crippen molar-refractivity contribution in [3.05, 3.63) is 39.6 Å². The Kier molecular flexibility index (Phi) is 5.83. The molecule has 1 aliphatic rings. The SMILES string of the molecule is Cc1cc(C)n(CC(=O)N2CCC(N(C)Cc3cc(=O)[nH]c(N(C)C)n3)C2)n1. The highest BCUT2D eigenvalue weighted by Gasteiger charge is 2.29. The molecule has 1 amide bonds. The minimum absolute atomic E-state index is 0.0891. The van der Waals surface area contributed by atoms with Gasteiger partial charge in [0.25, 0.3) is 5.56 Å². The van der Waals surface area contributed by atoms with Gasteiger partial charge in [0.2, 0.25) is 11.9 Å². The van der Waals surface area contributed by atoms with Crippen molar-refractivity contribution in [2.75, 3.05) is 39.1 Å². The fourth-order valence-electron chi connectivity index (χ4n) is 3.56. The Balaban J connectivity index is 1.59. The lowest BCUT2D eigenvalue weighted by atomic mass is 10.2. The Morgan fingerprint density at radius 3 is 2.68 bits per heavy atom. The van der Waals surface area contributed by atoms with E-state index < -0.39 is 0 Å². The van der Waals surface area contributed by atoms with Gasteiger partial charge in [0.05, 0.1) is 11.4 Å². The molecule has 1 atom stereocenters. The Labute approximate surface area is 165 Å².